The molecule has 6 heteroatoms. The van der Waals surface area contributed by atoms with Crippen LogP contribution in [0, 0.1) is 0 Å². The smallest absolute Gasteiger partial charge is 0.312 e. The Morgan fingerprint density at radius 3 is 2.08 bits per heavy atom. The Hall–Kier alpha value is -0.360. The molecule has 0 rings (SSSR count). The topological polar surface area (TPSA) is 18.5 Å². The van der Waals surface area contributed by atoms with Gasteiger partial charge in [-0.25, -0.2) is 8.78 Å². The third kappa shape index (κ3) is 4.42. The van der Waals surface area contributed by atoms with E-state index in [1.165, 1.54) is 7.11 Å². The van der Waals surface area contributed by atoms with Gasteiger partial charge in [0, 0.05) is 20.5 Å². The molecule has 0 aliphatic heterocycles. The highest BCUT2D eigenvalue weighted by Gasteiger charge is 2.51. The molecule has 0 fully saturated rings. The Morgan fingerprint density at radius 2 is 1.69 bits per heavy atom. The number of ether oxygens (including phenoxy) is 2. The third-order valence-corrected chi connectivity index (χ3v) is 1.40. The first kappa shape index (κ1) is 12.6. The summed E-state index contributed by atoms with van der Waals surface area (Å²) in [5, 5.41) is 0. The van der Waals surface area contributed by atoms with Gasteiger partial charge in [0.15, 0.2) is 0 Å². The van der Waals surface area contributed by atoms with Crippen molar-refractivity contribution in [2.75, 3.05) is 20.5 Å². The molecule has 0 N–H and O–H groups in total. The number of hydrogen-bond acceptors (Lipinski definition) is 2. The van der Waals surface area contributed by atoms with E-state index < -0.39 is 24.9 Å². The van der Waals surface area contributed by atoms with Crippen LogP contribution in [-0.4, -0.2) is 32.4 Å². The maximum absolute atomic E-state index is 12.5. The van der Waals surface area contributed by atoms with Crippen LogP contribution in [0.3, 0.4) is 0 Å². The second-order valence-electron chi connectivity index (χ2n) is 2.66. The molecule has 0 atom stereocenters. The van der Waals surface area contributed by atoms with Gasteiger partial charge in [0.05, 0.1) is 6.61 Å². The average molecular weight is 204 g/mol. The highest BCUT2D eigenvalue weighted by molar-refractivity contribution is 4.79. The monoisotopic (exact) mass is 204 g/mol. The lowest BCUT2D eigenvalue weighted by Gasteiger charge is -2.22. The number of alkyl halides is 4. The molecule has 0 aromatic heterocycles. The maximum atomic E-state index is 12.5. The summed E-state index contributed by atoms with van der Waals surface area (Å²) in [5.74, 6) is -8.04. The molecule has 0 aliphatic carbocycles. The lowest BCUT2D eigenvalue weighted by Crippen LogP contribution is -2.38. The van der Waals surface area contributed by atoms with Gasteiger partial charge in [0.1, 0.15) is 6.79 Å². The summed E-state index contributed by atoms with van der Waals surface area (Å²) >= 11 is 0. The summed E-state index contributed by atoms with van der Waals surface area (Å²) in [6, 6.07) is 0. The van der Waals surface area contributed by atoms with E-state index in [0.29, 0.717) is 0 Å². The van der Waals surface area contributed by atoms with Crippen LogP contribution in [0.25, 0.3) is 0 Å². The number of methoxy groups -OCH3 is 1. The first-order valence-electron chi connectivity index (χ1n) is 3.63. The van der Waals surface area contributed by atoms with Crippen molar-refractivity contribution in [3.05, 3.63) is 0 Å². The van der Waals surface area contributed by atoms with Crippen LogP contribution in [0.5, 0.6) is 0 Å². The molecular formula is C7H12F4O2. The molecule has 0 amide bonds. The van der Waals surface area contributed by atoms with Gasteiger partial charge in [0.25, 0.3) is 0 Å². The highest BCUT2D eigenvalue weighted by Crippen LogP contribution is 2.36. The second kappa shape index (κ2) is 4.76. The Kier molecular flexibility index (Phi) is 4.63. The normalized spacial score (nSPS) is 13.4. The summed E-state index contributed by atoms with van der Waals surface area (Å²) < 4.78 is 58.2. The molecule has 80 valence electrons. The Labute approximate surface area is 73.8 Å². The van der Waals surface area contributed by atoms with Gasteiger partial charge in [-0.1, -0.05) is 0 Å². The first-order valence-corrected chi connectivity index (χ1v) is 3.63. The standard InChI is InChI=1S/C7H12F4O2/c1-6(8,9)7(10,11)3-4-13-5-12-2/h3-5H2,1-2H3. The van der Waals surface area contributed by atoms with Crippen LogP contribution in [0.4, 0.5) is 17.6 Å². The molecule has 0 unspecified atom stereocenters. The van der Waals surface area contributed by atoms with Crippen molar-refractivity contribution in [2.24, 2.45) is 0 Å². The Bertz CT molecular complexity index is 144. The summed E-state index contributed by atoms with van der Waals surface area (Å²) in [7, 11) is 1.31. The van der Waals surface area contributed by atoms with Crippen molar-refractivity contribution in [1.29, 1.82) is 0 Å². The van der Waals surface area contributed by atoms with Gasteiger partial charge in [0.2, 0.25) is 0 Å². The lowest BCUT2D eigenvalue weighted by molar-refractivity contribution is -0.208. The minimum Gasteiger partial charge on any atom is -0.359 e. The van der Waals surface area contributed by atoms with Crippen LogP contribution in [0.2, 0.25) is 0 Å². The van der Waals surface area contributed by atoms with Gasteiger partial charge >= 0.3 is 11.8 Å². The number of hydrogen-bond donors (Lipinski definition) is 0. The minimum atomic E-state index is -4.03. The SMILES string of the molecule is COCOCCC(F)(F)C(C)(F)F. The summed E-state index contributed by atoms with van der Waals surface area (Å²) in [5.41, 5.74) is 0. The zero-order chi connectivity index (χ0) is 10.5. The van der Waals surface area contributed by atoms with Gasteiger partial charge in [-0.3, -0.25) is 0 Å². The number of halogens is 4. The molecular weight excluding hydrogens is 192 g/mol. The van der Waals surface area contributed by atoms with Crippen molar-refractivity contribution in [2.45, 2.75) is 25.2 Å². The van der Waals surface area contributed by atoms with E-state index >= 15 is 0 Å². The molecule has 0 bridgehead atoms. The van der Waals surface area contributed by atoms with Crippen LogP contribution in [-0.2, 0) is 9.47 Å². The maximum Gasteiger partial charge on any atom is 0.312 e. The second-order valence-corrected chi connectivity index (χ2v) is 2.66. The molecule has 0 heterocycles. The van der Waals surface area contributed by atoms with Gasteiger partial charge < -0.3 is 9.47 Å². The molecule has 0 spiro atoms. The van der Waals surface area contributed by atoms with Gasteiger partial charge in [-0.05, 0) is 0 Å². The molecule has 2 nitrogen and oxygen atoms in total. The fourth-order valence-electron chi connectivity index (χ4n) is 0.562. The molecule has 0 aliphatic rings. The van der Waals surface area contributed by atoms with Crippen LogP contribution >= 0.6 is 0 Å². The van der Waals surface area contributed by atoms with E-state index in [9.17, 15) is 17.6 Å². The Balaban J connectivity index is 3.77. The third-order valence-electron chi connectivity index (χ3n) is 1.40. The zero-order valence-electron chi connectivity index (χ0n) is 7.45. The predicted octanol–water partition coefficient (Wildman–Crippen LogP) is 2.29. The van der Waals surface area contributed by atoms with E-state index in [-0.39, 0.29) is 13.7 Å². The molecule has 0 aromatic carbocycles. The number of rotatable bonds is 6. The van der Waals surface area contributed by atoms with Crippen molar-refractivity contribution in [3.63, 3.8) is 0 Å². The minimum absolute atomic E-state index is 0.175. The van der Waals surface area contributed by atoms with Crippen LogP contribution < -0.4 is 0 Å². The summed E-state index contributed by atoms with van der Waals surface area (Å²) in [4.78, 5) is 0. The van der Waals surface area contributed by atoms with Gasteiger partial charge in [-0.15, -0.1) is 0 Å². The van der Waals surface area contributed by atoms with Crippen LogP contribution in [0.15, 0.2) is 0 Å². The van der Waals surface area contributed by atoms with Crippen LogP contribution in [0.1, 0.15) is 13.3 Å². The van der Waals surface area contributed by atoms with Gasteiger partial charge in [-0.2, -0.15) is 8.78 Å². The Morgan fingerprint density at radius 1 is 1.15 bits per heavy atom. The van der Waals surface area contributed by atoms with E-state index in [1.54, 1.807) is 0 Å². The fourth-order valence-corrected chi connectivity index (χ4v) is 0.562. The molecule has 0 radical (unpaired) electrons. The molecule has 13 heavy (non-hydrogen) atoms. The molecule has 0 aromatic rings. The zero-order valence-corrected chi connectivity index (χ0v) is 7.45. The first-order chi connectivity index (χ1) is 5.81. The van der Waals surface area contributed by atoms with E-state index in [0.717, 1.165) is 0 Å². The molecule has 0 saturated carbocycles. The summed E-state index contributed by atoms with van der Waals surface area (Å²) in [6.45, 7) is -0.445. The average Bonchev–Trinajstić information content (AvgIpc) is 1.96. The van der Waals surface area contributed by atoms with E-state index in [1.807, 2.05) is 0 Å². The van der Waals surface area contributed by atoms with E-state index in [2.05, 4.69) is 9.47 Å². The van der Waals surface area contributed by atoms with Crippen molar-refractivity contribution < 1.29 is 27.0 Å². The summed E-state index contributed by atoms with van der Waals surface area (Å²) in [6.07, 6.45) is -1.01. The predicted molar refractivity (Wildman–Crippen MR) is 38.0 cm³/mol. The van der Waals surface area contributed by atoms with E-state index in [4.69, 9.17) is 0 Å². The van der Waals surface area contributed by atoms with Crippen molar-refractivity contribution >= 4 is 0 Å². The fraction of sp³-hybridized carbons (Fsp3) is 1.00. The van der Waals surface area contributed by atoms with Crippen molar-refractivity contribution in [1.82, 2.24) is 0 Å². The highest BCUT2D eigenvalue weighted by atomic mass is 19.3. The largest absolute Gasteiger partial charge is 0.359 e. The molecule has 0 saturated heterocycles. The van der Waals surface area contributed by atoms with Crippen molar-refractivity contribution in [3.8, 4) is 0 Å². The lowest BCUT2D eigenvalue weighted by atomic mass is 10.1. The quantitative estimate of drug-likeness (QED) is 0.375.